The molecule has 0 spiro atoms. The second-order valence-corrected chi connectivity index (χ2v) is 10.5. The third-order valence-electron chi connectivity index (χ3n) is 6.43. The summed E-state index contributed by atoms with van der Waals surface area (Å²) in [4.78, 5) is 27.0. The first-order valence-corrected chi connectivity index (χ1v) is 11.6. The summed E-state index contributed by atoms with van der Waals surface area (Å²) in [5, 5.41) is 0.659. The molecule has 2 aromatic rings. The summed E-state index contributed by atoms with van der Waals surface area (Å²) in [7, 11) is 2.33. The smallest absolute Gasteiger partial charge is 0.250 e. The molecule has 4 rings (SSSR count). The Labute approximate surface area is 204 Å². The van der Waals surface area contributed by atoms with E-state index < -0.39 is 5.91 Å². The van der Waals surface area contributed by atoms with Crippen LogP contribution in [0.3, 0.4) is 0 Å². The Kier molecular flexibility index (Phi) is 7.64. The third kappa shape index (κ3) is 5.26. The number of fused-ring (bicyclic) bond motifs is 1. The molecule has 1 aliphatic carbocycles. The molecule has 7 heteroatoms. The summed E-state index contributed by atoms with van der Waals surface area (Å²) >= 11 is 7.55. The molecule has 1 aromatic heterocycles. The molecule has 2 aliphatic rings. The van der Waals surface area contributed by atoms with Gasteiger partial charge in [0.25, 0.3) is 0 Å². The van der Waals surface area contributed by atoms with Crippen LogP contribution in [0.2, 0.25) is 5.02 Å². The van der Waals surface area contributed by atoms with Crippen LogP contribution in [0, 0.1) is 5.92 Å². The van der Waals surface area contributed by atoms with Gasteiger partial charge in [-0.1, -0.05) is 30.2 Å². The van der Waals surface area contributed by atoms with Crippen molar-refractivity contribution in [3.63, 3.8) is 0 Å². The number of likely N-dealkylation sites (N-methyl/N-ethyl adjacent to an activating group) is 1. The molecule has 1 amide bonds. The van der Waals surface area contributed by atoms with Gasteiger partial charge >= 0.3 is 0 Å². The number of nitrogens with two attached hydrogens (primary N) is 1. The lowest BCUT2D eigenvalue weighted by Crippen LogP contribution is -3.00. The minimum absolute atomic E-state index is 0. The summed E-state index contributed by atoms with van der Waals surface area (Å²) < 4.78 is 1.04. The maximum absolute atomic E-state index is 12.7. The van der Waals surface area contributed by atoms with Gasteiger partial charge in [-0.3, -0.25) is 9.59 Å². The number of amides is 1. The van der Waals surface area contributed by atoms with E-state index in [0.717, 1.165) is 45.9 Å². The van der Waals surface area contributed by atoms with E-state index in [9.17, 15) is 9.59 Å². The van der Waals surface area contributed by atoms with Crippen molar-refractivity contribution in [3.8, 4) is 0 Å². The standard InChI is InChI=1S/C23H27ClN2O2S.HI/c1-26(13-16-3-2-4-16)10-9-19-21(14-26)29-20(22(19)23(25)28)12-18(27)11-15-5-7-17(24)8-6-15;/h5-8,16H,2-4,9-14H2,1H3,(H-,25,28);1H. The minimum Gasteiger partial charge on any atom is -1.00 e. The Bertz CT molecular complexity index is 939. The van der Waals surface area contributed by atoms with Gasteiger partial charge < -0.3 is 34.2 Å². The molecule has 2 heterocycles. The lowest BCUT2D eigenvalue weighted by atomic mass is 9.84. The number of rotatable bonds is 7. The number of primary amides is 1. The van der Waals surface area contributed by atoms with Crippen LogP contribution in [-0.2, 0) is 30.6 Å². The number of carbonyl (C=O) groups excluding carboxylic acids is 2. The Morgan fingerprint density at radius 3 is 2.50 bits per heavy atom. The Morgan fingerprint density at radius 2 is 1.90 bits per heavy atom. The fraction of sp³-hybridized carbons (Fsp3) is 0.478. The molecular weight excluding hydrogens is 531 g/mol. The second-order valence-electron chi connectivity index (χ2n) is 8.92. The number of Topliss-reactive ketones (excluding diaryl/α,β-unsaturated/α-hetero) is 1. The van der Waals surface area contributed by atoms with E-state index in [1.807, 2.05) is 12.1 Å². The van der Waals surface area contributed by atoms with Crippen LogP contribution >= 0.6 is 22.9 Å². The summed E-state index contributed by atoms with van der Waals surface area (Å²) in [6.45, 7) is 3.20. The molecule has 1 fully saturated rings. The van der Waals surface area contributed by atoms with Crippen molar-refractivity contribution in [2.45, 2.75) is 45.1 Å². The maximum Gasteiger partial charge on any atom is 0.250 e. The SMILES string of the molecule is C[N+]1(CC2CCC2)CCc2c(sc(CC(=O)Cc3ccc(Cl)cc3)c2C(N)=O)C1.[I-]. The maximum atomic E-state index is 12.7. The number of hydrogen-bond acceptors (Lipinski definition) is 3. The average Bonchev–Trinajstić information content (AvgIpc) is 2.97. The molecule has 1 aliphatic heterocycles. The van der Waals surface area contributed by atoms with Crippen molar-refractivity contribution < 1.29 is 38.0 Å². The molecular formula is C23H28ClIN2O2S. The van der Waals surface area contributed by atoms with Crippen LogP contribution in [0.1, 0.15) is 50.5 Å². The zero-order valence-corrected chi connectivity index (χ0v) is 21.0. The van der Waals surface area contributed by atoms with E-state index in [0.29, 0.717) is 17.0 Å². The average molecular weight is 559 g/mol. The molecule has 1 saturated carbocycles. The van der Waals surface area contributed by atoms with Crippen molar-refractivity contribution in [2.75, 3.05) is 20.1 Å². The number of nitrogens with zero attached hydrogens (tertiary/aromatic N) is 1. The van der Waals surface area contributed by atoms with Crippen LogP contribution < -0.4 is 29.7 Å². The monoisotopic (exact) mass is 558 g/mol. The zero-order chi connectivity index (χ0) is 20.6. The molecule has 4 nitrogen and oxygen atoms in total. The van der Waals surface area contributed by atoms with Crippen LogP contribution in [0.25, 0.3) is 0 Å². The molecule has 30 heavy (non-hydrogen) atoms. The first kappa shape index (κ1) is 23.7. The Balaban J connectivity index is 0.00000256. The van der Waals surface area contributed by atoms with Gasteiger partial charge in [-0.25, -0.2) is 0 Å². The van der Waals surface area contributed by atoms with E-state index in [1.54, 1.807) is 23.5 Å². The minimum atomic E-state index is -0.396. The van der Waals surface area contributed by atoms with Crippen LogP contribution in [0.4, 0.5) is 0 Å². The lowest BCUT2D eigenvalue weighted by molar-refractivity contribution is -0.927. The van der Waals surface area contributed by atoms with Gasteiger partial charge in [0.2, 0.25) is 5.91 Å². The van der Waals surface area contributed by atoms with E-state index in [1.165, 1.54) is 30.7 Å². The number of hydrogen-bond donors (Lipinski definition) is 1. The fourth-order valence-corrected chi connectivity index (χ4v) is 6.39. The van der Waals surface area contributed by atoms with Crippen molar-refractivity contribution in [3.05, 3.63) is 55.7 Å². The number of carbonyl (C=O) groups is 2. The normalized spacial score (nSPS) is 20.7. The quantitative estimate of drug-likeness (QED) is 0.410. The Morgan fingerprint density at radius 1 is 1.20 bits per heavy atom. The number of benzene rings is 1. The molecule has 0 saturated heterocycles. The number of thiophene rings is 1. The van der Waals surface area contributed by atoms with Gasteiger partial charge in [0.05, 0.1) is 30.6 Å². The first-order chi connectivity index (χ1) is 13.8. The van der Waals surface area contributed by atoms with Crippen molar-refractivity contribution >= 4 is 34.6 Å². The van der Waals surface area contributed by atoms with Gasteiger partial charge in [-0.05, 0) is 36.1 Å². The molecule has 1 unspecified atom stereocenters. The van der Waals surface area contributed by atoms with E-state index >= 15 is 0 Å². The van der Waals surface area contributed by atoms with Gasteiger partial charge in [0.1, 0.15) is 12.3 Å². The third-order valence-corrected chi connectivity index (χ3v) is 7.90. The topological polar surface area (TPSA) is 60.2 Å². The van der Waals surface area contributed by atoms with Crippen LogP contribution in [-0.4, -0.2) is 36.3 Å². The van der Waals surface area contributed by atoms with Crippen LogP contribution in [0.5, 0.6) is 0 Å². The highest BCUT2D eigenvalue weighted by molar-refractivity contribution is 7.12. The van der Waals surface area contributed by atoms with Gasteiger partial charge in [-0.15, -0.1) is 11.3 Å². The van der Waals surface area contributed by atoms with Crippen molar-refractivity contribution in [2.24, 2.45) is 11.7 Å². The molecule has 0 bridgehead atoms. The number of quaternary nitrogens is 1. The molecule has 2 N–H and O–H groups in total. The van der Waals surface area contributed by atoms with Crippen molar-refractivity contribution in [1.82, 2.24) is 0 Å². The molecule has 0 radical (unpaired) electrons. The highest BCUT2D eigenvalue weighted by Crippen LogP contribution is 2.38. The summed E-state index contributed by atoms with van der Waals surface area (Å²) in [6, 6.07) is 7.34. The van der Waals surface area contributed by atoms with E-state index in [2.05, 4.69) is 7.05 Å². The van der Waals surface area contributed by atoms with Gasteiger partial charge in [0, 0.05) is 35.1 Å². The predicted molar refractivity (Wildman–Crippen MR) is 117 cm³/mol. The molecule has 1 aromatic carbocycles. The van der Waals surface area contributed by atoms with E-state index in [-0.39, 0.29) is 36.2 Å². The molecule has 162 valence electrons. The van der Waals surface area contributed by atoms with Gasteiger partial charge in [-0.2, -0.15) is 0 Å². The highest BCUT2D eigenvalue weighted by atomic mass is 127. The van der Waals surface area contributed by atoms with Crippen LogP contribution in [0.15, 0.2) is 24.3 Å². The molecule has 1 atom stereocenters. The first-order valence-electron chi connectivity index (χ1n) is 10.4. The summed E-state index contributed by atoms with van der Waals surface area (Å²) in [5.74, 6) is 0.546. The number of ketones is 1. The van der Waals surface area contributed by atoms with Crippen molar-refractivity contribution in [1.29, 1.82) is 0 Å². The second kappa shape index (κ2) is 9.67. The predicted octanol–water partition coefficient (Wildman–Crippen LogP) is 1.16. The highest BCUT2D eigenvalue weighted by Gasteiger charge is 2.37. The Hall–Kier alpha value is -0.960. The zero-order valence-electron chi connectivity index (χ0n) is 17.3. The lowest BCUT2D eigenvalue weighted by Gasteiger charge is -2.42. The largest absolute Gasteiger partial charge is 1.00 e. The summed E-state index contributed by atoms with van der Waals surface area (Å²) in [5.41, 5.74) is 8.39. The summed E-state index contributed by atoms with van der Waals surface area (Å²) in [6.07, 6.45) is 5.54. The number of halogens is 2. The van der Waals surface area contributed by atoms with Gasteiger partial charge in [0.15, 0.2) is 0 Å². The fourth-order valence-electron chi connectivity index (χ4n) is 4.71. The van der Waals surface area contributed by atoms with E-state index in [4.69, 9.17) is 17.3 Å².